The number of aliphatic carboxylic acids is 1. The zero-order valence-corrected chi connectivity index (χ0v) is 17.9. The zero-order chi connectivity index (χ0) is 20.3. The van der Waals surface area contributed by atoms with Crippen molar-refractivity contribution in [3.8, 4) is 0 Å². The predicted octanol–water partition coefficient (Wildman–Crippen LogP) is 4.48. The van der Waals surface area contributed by atoms with Crippen LogP contribution in [0.1, 0.15) is 85.0 Å². The van der Waals surface area contributed by atoms with Crippen LogP contribution < -0.4 is 0 Å². The number of hydrogen-bond acceptors (Lipinski definition) is 3. The highest BCUT2D eigenvalue weighted by molar-refractivity contribution is 5.66. The lowest BCUT2D eigenvalue weighted by atomic mass is 9.44. The molecular formula is C24H40O4. The van der Waals surface area contributed by atoms with Gasteiger partial charge in [0.1, 0.15) is 0 Å². The van der Waals surface area contributed by atoms with E-state index in [1.165, 1.54) is 25.7 Å². The standard InChI is InChI=1S/C24H40O4/c1-14(4-7-22(27)28)17-5-6-18-16-13-21(26)20-12-15(25)8-10-24(20,3)19(16)9-11-23(17,18)2/h14-21,25-26H,4-13H2,1-3H3,(H,27,28)/t14-,15?,16+,17-,18+,19+,20?,21?,23-,24-/m1/s1. The van der Waals surface area contributed by atoms with Crippen LogP contribution in [0.5, 0.6) is 0 Å². The first-order valence-electron chi connectivity index (χ1n) is 11.7. The van der Waals surface area contributed by atoms with Crippen LogP contribution >= 0.6 is 0 Å². The average Bonchev–Trinajstić information content (AvgIpc) is 2.99. The van der Waals surface area contributed by atoms with Crippen molar-refractivity contribution in [3.05, 3.63) is 0 Å². The highest BCUT2D eigenvalue weighted by Gasteiger charge is 2.62. The van der Waals surface area contributed by atoms with Crippen LogP contribution in [-0.4, -0.2) is 33.5 Å². The molecule has 0 radical (unpaired) electrons. The van der Waals surface area contributed by atoms with E-state index in [0.717, 1.165) is 32.1 Å². The maximum absolute atomic E-state index is 11.1. The number of fused-ring (bicyclic) bond motifs is 5. The van der Waals surface area contributed by atoms with Gasteiger partial charge in [-0.15, -0.1) is 0 Å². The lowest BCUT2D eigenvalue weighted by Crippen LogP contribution is -2.58. The minimum Gasteiger partial charge on any atom is -0.481 e. The van der Waals surface area contributed by atoms with E-state index in [0.29, 0.717) is 35.0 Å². The van der Waals surface area contributed by atoms with Gasteiger partial charge in [-0.25, -0.2) is 0 Å². The number of aliphatic hydroxyl groups is 2. The smallest absolute Gasteiger partial charge is 0.303 e. The third-order valence-corrected chi connectivity index (χ3v) is 10.2. The Bertz CT molecular complexity index is 605. The normalized spacial score (nSPS) is 51.7. The van der Waals surface area contributed by atoms with Crippen LogP contribution in [0, 0.1) is 46.3 Å². The average molecular weight is 393 g/mol. The van der Waals surface area contributed by atoms with Crippen LogP contribution in [0.3, 0.4) is 0 Å². The molecule has 0 amide bonds. The summed E-state index contributed by atoms with van der Waals surface area (Å²) in [6.07, 6.45) is 9.16. The second-order valence-electron chi connectivity index (χ2n) is 11.4. The molecule has 3 unspecified atom stereocenters. The van der Waals surface area contributed by atoms with Gasteiger partial charge in [-0.2, -0.15) is 0 Å². The fourth-order valence-corrected chi connectivity index (χ4v) is 8.81. The summed E-state index contributed by atoms with van der Waals surface area (Å²) in [6.45, 7) is 7.16. The highest BCUT2D eigenvalue weighted by Crippen LogP contribution is 2.68. The van der Waals surface area contributed by atoms with Gasteiger partial charge in [0.05, 0.1) is 12.2 Å². The second kappa shape index (κ2) is 7.27. The van der Waals surface area contributed by atoms with Crippen LogP contribution in [0.15, 0.2) is 0 Å². The van der Waals surface area contributed by atoms with Gasteiger partial charge in [-0.3, -0.25) is 4.79 Å². The van der Waals surface area contributed by atoms with Crippen molar-refractivity contribution >= 4 is 5.97 Å². The molecule has 4 nitrogen and oxygen atoms in total. The third-order valence-electron chi connectivity index (χ3n) is 10.2. The third kappa shape index (κ3) is 3.14. The van der Waals surface area contributed by atoms with Crippen molar-refractivity contribution in [1.29, 1.82) is 0 Å². The van der Waals surface area contributed by atoms with Gasteiger partial charge in [-0.05, 0) is 104 Å². The van der Waals surface area contributed by atoms with Crippen molar-refractivity contribution in [2.24, 2.45) is 46.3 Å². The number of rotatable bonds is 4. The van der Waals surface area contributed by atoms with Gasteiger partial charge in [0.15, 0.2) is 0 Å². The molecule has 0 aromatic rings. The number of carboxylic acid groups (broad SMARTS) is 1. The highest BCUT2D eigenvalue weighted by atomic mass is 16.4. The minimum absolute atomic E-state index is 0.176. The monoisotopic (exact) mass is 392 g/mol. The first kappa shape index (κ1) is 20.7. The van der Waals surface area contributed by atoms with Gasteiger partial charge in [-0.1, -0.05) is 20.8 Å². The zero-order valence-electron chi connectivity index (χ0n) is 17.9. The molecule has 3 N–H and O–H groups in total. The molecule has 0 aliphatic heterocycles. The van der Waals surface area contributed by atoms with E-state index in [-0.39, 0.29) is 30.0 Å². The minimum atomic E-state index is -0.677. The molecular weight excluding hydrogens is 352 g/mol. The maximum Gasteiger partial charge on any atom is 0.303 e. The molecule has 0 bridgehead atoms. The molecule has 160 valence electrons. The molecule has 4 rings (SSSR count). The molecule has 0 aromatic carbocycles. The Kier molecular flexibility index (Phi) is 5.36. The molecule has 28 heavy (non-hydrogen) atoms. The first-order chi connectivity index (χ1) is 13.2. The molecule has 0 heterocycles. The molecule has 0 spiro atoms. The van der Waals surface area contributed by atoms with E-state index >= 15 is 0 Å². The van der Waals surface area contributed by atoms with Crippen molar-refractivity contribution in [3.63, 3.8) is 0 Å². The molecule has 4 heteroatoms. The molecule has 0 saturated heterocycles. The summed E-state index contributed by atoms with van der Waals surface area (Å²) in [7, 11) is 0. The van der Waals surface area contributed by atoms with Crippen LogP contribution in [0.25, 0.3) is 0 Å². The van der Waals surface area contributed by atoms with Crippen molar-refractivity contribution < 1.29 is 20.1 Å². The number of carboxylic acids is 1. The second-order valence-corrected chi connectivity index (χ2v) is 11.4. The number of hydrogen-bond donors (Lipinski definition) is 3. The molecule has 0 aromatic heterocycles. The SMILES string of the molecule is C[C@H](CCC(=O)O)[C@H]1CC[C@H]2[C@@H]3CC(O)C4CC(O)CC[C@]4(C)[C@H]3CC[C@]12C. The quantitative estimate of drug-likeness (QED) is 0.659. The Morgan fingerprint density at radius 3 is 2.36 bits per heavy atom. The summed E-state index contributed by atoms with van der Waals surface area (Å²) < 4.78 is 0. The Hall–Kier alpha value is -0.610. The van der Waals surface area contributed by atoms with E-state index in [9.17, 15) is 15.0 Å². The molecule has 4 aliphatic rings. The molecule has 4 fully saturated rings. The van der Waals surface area contributed by atoms with Gasteiger partial charge in [0, 0.05) is 6.42 Å². The Morgan fingerprint density at radius 2 is 1.64 bits per heavy atom. The van der Waals surface area contributed by atoms with Crippen LogP contribution in [-0.2, 0) is 4.79 Å². The van der Waals surface area contributed by atoms with Gasteiger partial charge < -0.3 is 15.3 Å². The van der Waals surface area contributed by atoms with Gasteiger partial charge in [0.25, 0.3) is 0 Å². The van der Waals surface area contributed by atoms with E-state index in [1.54, 1.807) is 0 Å². The topological polar surface area (TPSA) is 77.8 Å². The van der Waals surface area contributed by atoms with Crippen molar-refractivity contribution in [1.82, 2.24) is 0 Å². The van der Waals surface area contributed by atoms with E-state index in [4.69, 9.17) is 5.11 Å². The van der Waals surface area contributed by atoms with Crippen molar-refractivity contribution in [2.45, 2.75) is 97.2 Å². The fourth-order valence-electron chi connectivity index (χ4n) is 8.81. The maximum atomic E-state index is 11.1. The van der Waals surface area contributed by atoms with E-state index in [1.807, 2.05) is 0 Å². The van der Waals surface area contributed by atoms with E-state index < -0.39 is 5.97 Å². The summed E-state index contributed by atoms with van der Waals surface area (Å²) in [5.41, 5.74) is 0.478. The molecule has 4 aliphatic carbocycles. The summed E-state index contributed by atoms with van der Waals surface area (Å²) >= 11 is 0. The fraction of sp³-hybridized carbons (Fsp3) is 0.958. The summed E-state index contributed by atoms with van der Waals surface area (Å²) in [4.78, 5) is 11.1. The summed E-state index contributed by atoms with van der Waals surface area (Å²) in [6, 6.07) is 0. The number of aliphatic hydroxyl groups excluding tert-OH is 2. The lowest BCUT2D eigenvalue weighted by molar-refractivity contribution is -0.172. The van der Waals surface area contributed by atoms with Gasteiger partial charge >= 0.3 is 5.97 Å². The number of carbonyl (C=O) groups is 1. The van der Waals surface area contributed by atoms with Crippen molar-refractivity contribution in [2.75, 3.05) is 0 Å². The first-order valence-corrected chi connectivity index (χ1v) is 11.7. The Morgan fingerprint density at radius 1 is 0.964 bits per heavy atom. The molecule has 10 atom stereocenters. The largest absolute Gasteiger partial charge is 0.481 e. The van der Waals surface area contributed by atoms with Gasteiger partial charge in [0.2, 0.25) is 0 Å². The lowest BCUT2D eigenvalue weighted by Gasteiger charge is -2.62. The van der Waals surface area contributed by atoms with E-state index in [2.05, 4.69) is 20.8 Å². The summed E-state index contributed by atoms with van der Waals surface area (Å²) in [5.74, 6) is 2.61. The Labute approximate surface area is 170 Å². The molecule has 4 saturated carbocycles. The summed E-state index contributed by atoms with van der Waals surface area (Å²) in [5, 5.41) is 30.4. The van der Waals surface area contributed by atoms with Crippen LogP contribution in [0.2, 0.25) is 0 Å². The Balaban J connectivity index is 1.55. The predicted molar refractivity (Wildman–Crippen MR) is 109 cm³/mol. The van der Waals surface area contributed by atoms with Crippen LogP contribution in [0.4, 0.5) is 0 Å².